The van der Waals surface area contributed by atoms with Crippen LogP contribution in [0, 0.1) is 0 Å². The molecule has 1 aromatic carbocycles. The van der Waals surface area contributed by atoms with E-state index < -0.39 is 0 Å². The highest BCUT2D eigenvalue weighted by molar-refractivity contribution is 5.27. The Morgan fingerprint density at radius 1 is 1.24 bits per heavy atom. The molecular weight excluding hydrogens is 214 g/mol. The second-order valence-electron chi connectivity index (χ2n) is 4.50. The molecule has 1 unspecified atom stereocenters. The van der Waals surface area contributed by atoms with Crippen molar-refractivity contribution in [3.8, 4) is 5.75 Å². The molecule has 1 aromatic rings. The van der Waals surface area contributed by atoms with Gasteiger partial charge in [0.2, 0.25) is 0 Å². The fourth-order valence-electron chi connectivity index (χ4n) is 1.49. The van der Waals surface area contributed by atoms with Crippen LogP contribution < -0.4 is 10.1 Å². The van der Waals surface area contributed by atoms with Crippen LogP contribution >= 0.6 is 0 Å². The third-order valence-corrected chi connectivity index (χ3v) is 2.48. The molecule has 1 atom stereocenters. The van der Waals surface area contributed by atoms with Gasteiger partial charge in [-0.25, -0.2) is 0 Å². The van der Waals surface area contributed by atoms with Crippen molar-refractivity contribution >= 4 is 0 Å². The first-order chi connectivity index (χ1) is 8.11. The molecule has 3 heteroatoms. The molecule has 0 bridgehead atoms. The molecule has 3 nitrogen and oxygen atoms in total. The molecular formula is C14H23NO2. The summed E-state index contributed by atoms with van der Waals surface area (Å²) in [7, 11) is 0. The molecule has 0 aliphatic heterocycles. The standard InChI is InChI=1S/C14H23NO2/c1-4-13(16)10-15-9-12-5-7-14(8-6-12)17-11(2)3/h5-8,11,13,15-16H,4,9-10H2,1-3H3. The zero-order chi connectivity index (χ0) is 12.7. The van der Waals surface area contributed by atoms with Gasteiger partial charge in [0.05, 0.1) is 12.2 Å². The summed E-state index contributed by atoms with van der Waals surface area (Å²) in [4.78, 5) is 0. The Morgan fingerprint density at radius 2 is 1.88 bits per heavy atom. The van der Waals surface area contributed by atoms with Crippen LogP contribution in [-0.4, -0.2) is 23.9 Å². The minimum absolute atomic E-state index is 0.207. The van der Waals surface area contributed by atoms with Crippen LogP contribution in [-0.2, 0) is 6.54 Å². The van der Waals surface area contributed by atoms with E-state index in [2.05, 4.69) is 5.32 Å². The van der Waals surface area contributed by atoms with Gasteiger partial charge >= 0.3 is 0 Å². The predicted molar refractivity (Wildman–Crippen MR) is 70.2 cm³/mol. The largest absolute Gasteiger partial charge is 0.491 e. The Kier molecular flexibility index (Phi) is 6.01. The molecule has 0 heterocycles. The van der Waals surface area contributed by atoms with Gasteiger partial charge in [0.25, 0.3) is 0 Å². The Hall–Kier alpha value is -1.06. The maximum atomic E-state index is 9.40. The Labute approximate surface area is 104 Å². The first-order valence-corrected chi connectivity index (χ1v) is 6.26. The lowest BCUT2D eigenvalue weighted by molar-refractivity contribution is 0.167. The third-order valence-electron chi connectivity index (χ3n) is 2.48. The van der Waals surface area contributed by atoms with E-state index in [4.69, 9.17) is 4.74 Å². The molecule has 0 fully saturated rings. The van der Waals surface area contributed by atoms with Crippen LogP contribution in [0.3, 0.4) is 0 Å². The number of benzene rings is 1. The molecule has 0 radical (unpaired) electrons. The number of hydrogen-bond acceptors (Lipinski definition) is 3. The highest BCUT2D eigenvalue weighted by Gasteiger charge is 2.00. The van der Waals surface area contributed by atoms with E-state index in [0.29, 0.717) is 6.54 Å². The molecule has 1 rings (SSSR count). The summed E-state index contributed by atoms with van der Waals surface area (Å²) in [5.41, 5.74) is 1.20. The molecule has 0 saturated heterocycles. The zero-order valence-corrected chi connectivity index (χ0v) is 10.9. The topological polar surface area (TPSA) is 41.5 Å². The second-order valence-corrected chi connectivity index (χ2v) is 4.50. The van der Waals surface area contributed by atoms with Gasteiger partial charge in [0.1, 0.15) is 5.75 Å². The van der Waals surface area contributed by atoms with Crippen LogP contribution in [0.4, 0.5) is 0 Å². The van der Waals surface area contributed by atoms with Gasteiger partial charge in [-0.15, -0.1) is 0 Å². The van der Waals surface area contributed by atoms with Crippen molar-refractivity contribution in [3.63, 3.8) is 0 Å². The van der Waals surface area contributed by atoms with E-state index in [0.717, 1.165) is 18.7 Å². The van der Waals surface area contributed by atoms with E-state index in [9.17, 15) is 5.11 Å². The highest BCUT2D eigenvalue weighted by Crippen LogP contribution is 2.13. The maximum absolute atomic E-state index is 9.40. The molecule has 0 spiro atoms. The average Bonchev–Trinajstić information content (AvgIpc) is 2.30. The van der Waals surface area contributed by atoms with Crippen molar-refractivity contribution in [1.29, 1.82) is 0 Å². The monoisotopic (exact) mass is 237 g/mol. The Morgan fingerprint density at radius 3 is 2.41 bits per heavy atom. The van der Waals surface area contributed by atoms with Gasteiger partial charge in [0, 0.05) is 13.1 Å². The van der Waals surface area contributed by atoms with E-state index >= 15 is 0 Å². The number of rotatable bonds is 7. The molecule has 0 amide bonds. The molecule has 0 aliphatic carbocycles. The molecule has 0 aliphatic rings. The molecule has 0 aromatic heterocycles. The van der Waals surface area contributed by atoms with E-state index in [1.807, 2.05) is 45.0 Å². The maximum Gasteiger partial charge on any atom is 0.119 e. The van der Waals surface area contributed by atoms with Gasteiger partial charge in [0.15, 0.2) is 0 Å². The molecule has 2 N–H and O–H groups in total. The van der Waals surface area contributed by atoms with Crippen molar-refractivity contribution in [2.75, 3.05) is 6.54 Å². The van der Waals surface area contributed by atoms with Crippen molar-refractivity contribution in [1.82, 2.24) is 5.32 Å². The number of nitrogens with one attached hydrogen (secondary N) is 1. The number of aliphatic hydroxyl groups is 1. The lowest BCUT2D eigenvalue weighted by atomic mass is 10.2. The Balaban J connectivity index is 2.35. The number of hydrogen-bond donors (Lipinski definition) is 2. The van der Waals surface area contributed by atoms with Crippen molar-refractivity contribution in [3.05, 3.63) is 29.8 Å². The lowest BCUT2D eigenvalue weighted by Crippen LogP contribution is -2.25. The van der Waals surface area contributed by atoms with Gasteiger partial charge in [-0.05, 0) is 38.0 Å². The quantitative estimate of drug-likeness (QED) is 0.765. The van der Waals surface area contributed by atoms with Crippen LogP contribution in [0.25, 0.3) is 0 Å². The van der Waals surface area contributed by atoms with Crippen molar-refractivity contribution in [2.45, 2.75) is 45.9 Å². The average molecular weight is 237 g/mol. The van der Waals surface area contributed by atoms with Gasteiger partial charge in [-0.3, -0.25) is 0 Å². The van der Waals surface area contributed by atoms with Gasteiger partial charge < -0.3 is 15.2 Å². The fourth-order valence-corrected chi connectivity index (χ4v) is 1.49. The summed E-state index contributed by atoms with van der Waals surface area (Å²) < 4.78 is 5.57. The van der Waals surface area contributed by atoms with Crippen LogP contribution in [0.5, 0.6) is 5.75 Å². The molecule has 96 valence electrons. The van der Waals surface area contributed by atoms with Crippen LogP contribution in [0.15, 0.2) is 24.3 Å². The highest BCUT2D eigenvalue weighted by atomic mass is 16.5. The first-order valence-electron chi connectivity index (χ1n) is 6.26. The fraction of sp³-hybridized carbons (Fsp3) is 0.571. The van der Waals surface area contributed by atoms with Crippen molar-refractivity contribution in [2.24, 2.45) is 0 Å². The summed E-state index contributed by atoms with van der Waals surface area (Å²) in [5, 5.41) is 12.6. The van der Waals surface area contributed by atoms with Crippen molar-refractivity contribution < 1.29 is 9.84 Å². The number of aliphatic hydroxyl groups excluding tert-OH is 1. The first kappa shape index (κ1) is 14.0. The van der Waals surface area contributed by atoms with Gasteiger partial charge in [-0.1, -0.05) is 19.1 Å². The van der Waals surface area contributed by atoms with Gasteiger partial charge in [-0.2, -0.15) is 0 Å². The molecule has 17 heavy (non-hydrogen) atoms. The summed E-state index contributed by atoms with van der Waals surface area (Å²) >= 11 is 0. The smallest absolute Gasteiger partial charge is 0.119 e. The van der Waals surface area contributed by atoms with E-state index in [-0.39, 0.29) is 12.2 Å². The summed E-state index contributed by atoms with van der Waals surface area (Å²) in [6, 6.07) is 8.05. The third kappa shape index (κ3) is 5.71. The second kappa shape index (κ2) is 7.30. The Bertz CT molecular complexity index is 309. The zero-order valence-electron chi connectivity index (χ0n) is 10.9. The predicted octanol–water partition coefficient (Wildman–Crippen LogP) is 2.33. The summed E-state index contributed by atoms with van der Waals surface area (Å²) in [5.74, 6) is 0.900. The summed E-state index contributed by atoms with van der Waals surface area (Å²) in [6.45, 7) is 7.42. The SMILES string of the molecule is CCC(O)CNCc1ccc(OC(C)C)cc1. The normalized spacial score (nSPS) is 12.8. The van der Waals surface area contributed by atoms with E-state index in [1.165, 1.54) is 5.56 Å². The minimum atomic E-state index is -0.251. The van der Waals surface area contributed by atoms with E-state index in [1.54, 1.807) is 0 Å². The van der Waals surface area contributed by atoms with Crippen LogP contribution in [0.1, 0.15) is 32.8 Å². The molecule has 0 saturated carbocycles. The lowest BCUT2D eigenvalue weighted by Gasteiger charge is -2.11. The minimum Gasteiger partial charge on any atom is -0.491 e. The van der Waals surface area contributed by atoms with Crippen LogP contribution in [0.2, 0.25) is 0 Å². The number of ether oxygens (including phenoxy) is 1. The summed E-state index contributed by atoms with van der Waals surface area (Å²) in [6.07, 6.45) is 0.742.